The Labute approximate surface area is 76.6 Å². The Morgan fingerprint density at radius 3 is 3.08 bits per heavy atom. The first-order valence-corrected chi connectivity index (χ1v) is 4.53. The molecule has 1 aliphatic heterocycles. The van der Waals surface area contributed by atoms with Crippen LogP contribution >= 0.6 is 0 Å². The molecule has 0 amide bonds. The fourth-order valence-electron chi connectivity index (χ4n) is 1.53. The monoisotopic (exact) mass is 179 g/mol. The summed E-state index contributed by atoms with van der Waals surface area (Å²) >= 11 is 0. The van der Waals surface area contributed by atoms with Gasteiger partial charge in [0, 0.05) is 24.8 Å². The average molecular weight is 179 g/mol. The molecule has 1 aromatic heterocycles. The van der Waals surface area contributed by atoms with Gasteiger partial charge in [-0.15, -0.1) is 0 Å². The topological polar surface area (TPSA) is 46.9 Å². The third kappa shape index (κ3) is 1.22. The largest absolute Gasteiger partial charge is 0.354 e. The molecular formula is C9H13N3O. The second-order valence-corrected chi connectivity index (χ2v) is 3.58. The van der Waals surface area contributed by atoms with E-state index in [1.807, 2.05) is 13.8 Å². The Hall–Kier alpha value is -1.32. The third-order valence-corrected chi connectivity index (χ3v) is 2.31. The van der Waals surface area contributed by atoms with Gasteiger partial charge in [-0.1, -0.05) is 13.8 Å². The maximum Gasteiger partial charge on any atom is 0.258 e. The minimum Gasteiger partial charge on any atom is -0.354 e. The molecule has 1 aromatic rings. The fraction of sp³-hybridized carbons (Fsp3) is 0.556. The van der Waals surface area contributed by atoms with Crippen molar-refractivity contribution in [2.45, 2.75) is 26.3 Å². The highest BCUT2D eigenvalue weighted by Gasteiger charge is 2.15. The smallest absolute Gasteiger partial charge is 0.258 e. The second-order valence-electron chi connectivity index (χ2n) is 3.58. The Morgan fingerprint density at radius 2 is 2.38 bits per heavy atom. The van der Waals surface area contributed by atoms with Crippen LogP contribution in [0.15, 0.2) is 11.0 Å². The van der Waals surface area contributed by atoms with Gasteiger partial charge in [0.05, 0.1) is 0 Å². The molecule has 0 saturated heterocycles. The van der Waals surface area contributed by atoms with E-state index < -0.39 is 0 Å². The van der Waals surface area contributed by atoms with Crippen LogP contribution in [0.5, 0.6) is 0 Å². The molecule has 0 aromatic carbocycles. The van der Waals surface area contributed by atoms with Gasteiger partial charge in [0.1, 0.15) is 0 Å². The molecule has 0 aliphatic carbocycles. The summed E-state index contributed by atoms with van der Waals surface area (Å²) < 4.78 is 1.70. The first-order valence-electron chi connectivity index (χ1n) is 4.53. The predicted molar refractivity (Wildman–Crippen MR) is 51.1 cm³/mol. The van der Waals surface area contributed by atoms with Gasteiger partial charge < -0.3 is 5.32 Å². The van der Waals surface area contributed by atoms with Gasteiger partial charge in [-0.2, -0.15) is 0 Å². The van der Waals surface area contributed by atoms with Crippen LogP contribution in [0.1, 0.15) is 25.3 Å². The Morgan fingerprint density at radius 1 is 1.62 bits per heavy atom. The maximum absolute atomic E-state index is 11.8. The molecule has 0 unspecified atom stereocenters. The number of rotatable bonds is 1. The van der Waals surface area contributed by atoms with Crippen LogP contribution < -0.4 is 10.9 Å². The Balaban J connectivity index is 2.59. The summed E-state index contributed by atoms with van der Waals surface area (Å²) in [5.41, 5.74) is 0.900. The SMILES string of the molecule is CC(C)c1cnc2n(c1=O)CCN2. The highest BCUT2D eigenvalue weighted by Crippen LogP contribution is 2.12. The van der Waals surface area contributed by atoms with E-state index in [1.165, 1.54) is 0 Å². The van der Waals surface area contributed by atoms with E-state index in [-0.39, 0.29) is 11.5 Å². The number of nitrogens with one attached hydrogen (secondary N) is 1. The van der Waals surface area contributed by atoms with Crippen LogP contribution in [0.3, 0.4) is 0 Å². The van der Waals surface area contributed by atoms with Crippen molar-refractivity contribution in [3.63, 3.8) is 0 Å². The minimum absolute atomic E-state index is 0.102. The van der Waals surface area contributed by atoms with Crippen LogP contribution in [0.4, 0.5) is 5.95 Å². The summed E-state index contributed by atoms with van der Waals surface area (Å²) in [6, 6.07) is 0. The van der Waals surface area contributed by atoms with Crippen molar-refractivity contribution in [2.75, 3.05) is 11.9 Å². The lowest BCUT2D eigenvalue weighted by molar-refractivity contribution is 0.723. The number of aromatic nitrogens is 2. The molecule has 1 N–H and O–H groups in total. The third-order valence-electron chi connectivity index (χ3n) is 2.31. The summed E-state index contributed by atoms with van der Waals surface area (Å²) in [6.45, 7) is 5.56. The van der Waals surface area contributed by atoms with E-state index in [9.17, 15) is 4.79 Å². The summed E-state index contributed by atoms with van der Waals surface area (Å²) in [5, 5.41) is 3.06. The van der Waals surface area contributed by atoms with Crippen molar-refractivity contribution >= 4 is 5.95 Å². The summed E-state index contributed by atoms with van der Waals surface area (Å²) in [7, 11) is 0. The molecule has 1 aliphatic rings. The first-order chi connectivity index (χ1) is 6.20. The van der Waals surface area contributed by atoms with Crippen LogP contribution in [-0.2, 0) is 6.54 Å². The lowest BCUT2D eigenvalue weighted by atomic mass is 10.1. The molecule has 13 heavy (non-hydrogen) atoms. The zero-order valence-corrected chi connectivity index (χ0v) is 7.87. The molecule has 2 heterocycles. The molecule has 2 rings (SSSR count). The van der Waals surface area contributed by atoms with Crippen molar-refractivity contribution in [1.82, 2.24) is 9.55 Å². The van der Waals surface area contributed by atoms with Gasteiger partial charge >= 0.3 is 0 Å². The highest BCUT2D eigenvalue weighted by molar-refractivity contribution is 5.31. The standard InChI is InChI=1S/C9H13N3O/c1-6(2)7-5-11-9-10-3-4-12(9)8(7)13/h5-6H,3-4H2,1-2H3,(H,10,11). The number of nitrogens with zero attached hydrogens (tertiary/aromatic N) is 2. The van der Waals surface area contributed by atoms with Crippen LogP contribution in [0, 0.1) is 0 Å². The molecule has 70 valence electrons. The van der Waals surface area contributed by atoms with E-state index in [0.717, 1.165) is 18.7 Å². The Bertz CT molecular complexity index is 381. The van der Waals surface area contributed by atoms with Crippen molar-refractivity contribution in [1.29, 1.82) is 0 Å². The Kier molecular flexibility index (Phi) is 1.83. The average Bonchev–Trinajstić information content (AvgIpc) is 2.52. The van der Waals surface area contributed by atoms with E-state index in [4.69, 9.17) is 0 Å². The molecular weight excluding hydrogens is 166 g/mol. The second kappa shape index (κ2) is 2.87. The van der Waals surface area contributed by atoms with Crippen molar-refractivity contribution in [3.05, 3.63) is 22.1 Å². The molecule has 0 saturated carbocycles. The minimum atomic E-state index is 0.102. The summed E-state index contributed by atoms with van der Waals surface area (Å²) in [6.07, 6.45) is 1.68. The van der Waals surface area contributed by atoms with Gasteiger partial charge in [0.25, 0.3) is 5.56 Å². The number of fused-ring (bicyclic) bond motifs is 1. The summed E-state index contributed by atoms with van der Waals surface area (Å²) in [4.78, 5) is 16.0. The van der Waals surface area contributed by atoms with Crippen LogP contribution in [0.25, 0.3) is 0 Å². The van der Waals surface area contributed by atoms with E-state index in [1.54, 1.807) is 10.8 Å². The van der Waals surface area contributed by atoms with Crippen LogP contribution in [-0.4, -0.2) is 16.1 Å². The number of hydrogen-bond donors (Lipinski definition) is 1. The maximum atomic E-state index is 11.8. The van der Waals surface area contributed by atoms with Gasteiger partial charge in [-0.3, -0.25) is 9.36 Å². The lowest BCUT2D eigenvalue weighted by Crippen LogP contribution is -2.23. The van der Waals surface area contributed by atoms with Gasteiger partial charge in [-0.05, 0) is 5.92 Å². The van der Waals surface area contributed by atoms with E-state index >= 15 is 0 Å². The molecule has 0 radical (unpaired) electrons. The molecule has 4 heteroatoms. The van der Waals surface area contributed by atoms with E-state index in [2.05, 4.69) is 10.3 Å². The number of anilines is 1. The zero-order chi connectivity index (χ0) is 9.42. The van der Waals surface area contributed by atoms with Crippen LogP contribution in [0.2, 0.25) is 0 Å². The molecule has 0 fully saturated rings. The predicted octanol–water partition coefficient (Wildman–Crippen LogP) is 0.792. The fourth-order valence-corrected chi connectivity index (χ4v) is 1.53. The van der Waals surface area contributed by atoms with Crippen molar-refractivity contribution in [3.8, 4) is 0 Å². The highest BCUT2D eigenvalue weighted by atomic mass is 16.1. The van der Waals surface area contributed by atoms with Gasteiger partial charge in [0.15, 0.2) is 0 Å². The van der Waals surface area contributed by atoms with Gasteiger partial charge in [0.2, 0.25) is 5.95 Å². The first kappa shape index (κ1) is 8.29. The van der Waals surface area contributed by atoms with Gasteiger partial charge in [-0.25, -0.2) is 4.98 Å². The molecule has 0 bridgehead atoms. The molecule has 0 spiro atoms. The normalized spacial score (nSPS) is 14.4. The van der Waals surface area contributed by atoms with Crippen molar-refractivity contribution in [2.24, 2.45) is 0 Å². The molecule has 0 atom stereocenters. The van der Waals surface area contributed by atoms with E-state index in [0.29, 0.717) is 5.95 Å². The zero-order valence-electron chi connectivity index (χ0n) is 7.87. The molecule has 4 nitrogen and oxygen atoms in total. The number of hydrogen-bond acceptors (Lipinski definition) is 3. The quantitative estimate of drug-likeness (QED) is 0.693. The lowest BCUT2D eigenvalue weighted by Gasteiger charge is -2.06. The van der Waals surface area contributed by atoms with Crippen molar-refractivity contribution < 1.29 is 0 Å². The summed E-state index contributed by atoms with van der Waals surface area (Å²) in [5.74, 6) is 0.952.